The number of benzene rings is 2. The molecule has 0 spiro atoms. The van der Waals surface area contributed by atoms with Crippen LogP contribution in [0, 0.1) is 5.82 Å². The molecule has 0 saturated carbocycles. The van der Waals surface area contributed by atoms with E-state index < -0.39 is 8.07 Å². The molecule has 0 radical (unpaired) electrons. The molecule has 0 saturated heterocycles. The standard InChI is InChI=1S/C24H30BrFN2OSi/c1-16(2)24-27-22(18-10-12-21(26)13-11-18)23(19-8-7-9-20(25)14-19)28(24)15-29-17(3)30(4,5)6/h7-14,16-17H,15H2,1-6H3. The zero-order valence-corrected chi connectivity index (χ0v) is 21.1. The summed E-state index contributed by atoms with van der Waals surface area (Å²) in [6.45, 7) is 13.8. The van der Waals surface area contributed by atoms with Crippen LogP contribution in [0.1, 0.15) is 32.5 Å². The van der Waals surface area contributed by atoms with Crippen LogP contribution in [0.4, 0.5) is 4.39 Å². The third-order valence-electron chi connectivity index (χ3n) is 5.40. The van der Waals surface area contributed by atoms with Crippen LogP contribution in [0.2, 0.25) is 19.6 Å². The van der Waals surface area contributed by atoms with Gasteiger partial charge in [-0.1, -0.05) is 61.6 Å². The van der Waals surface area contributed by atoms with Gasteiger partial charge in [-0.25, -0.2) is 9.37 Å². The molecule has 160 valence electrons. The molecule has 30 heavy (non-hydrogen) atoms. The summed E-state index contributed by atoms with van der Waals surface area (Å²) in [7, 11) is -1.43. The molecule has 0 aliphatic heterocycles. The lowest BCUT2D eigenvalue weighted by atomic mass is 10.0. The number of imidazole rings is 1. The highest BCUT2D eigenvalue weighted by Gasteiger charge is 2.26. The molecule has 3 rings (SSSR count). The minimum Gasteiger partial charge on any atom is -0.361 e. The molecule has 1 aromatic heterocycles. The predicted molar refractivity (Wildman–Crippen MR) is 129 cm³/mol. The number of halogens is 2. The third kappa shape index (κ3) is 5.10. The summed E-state index contributed by atoms with van der Waals surface area (Å²) in [5.41, 5.74) is 4.00. The molecule has 0 amide bonds. The van der Waals surface area contributed by atoms with Crippen LogP contribution in [-0.2, 0) is 11.5 Å². The molecule has 0 N–H and O–H groups in total. The number of nitrogens with zero attached hydrogens (tertiary/aromatic N) is 2. The lowest BCUT2D eigenvalue weighted by Crippen LogP contribution is -2.38. The highest BCUT2D eigenvalue weighted by Crippen LogP contribution is 2.36. The first-order chi connectivity index (χ1) is 14.1. The summed E-state index contributed by atoms with van der Waals surface area (Å²) >= 11 is 3.59. The Morgan fingerprint density at radius 2 is 1.70 bits per heavy atom. The fraction of sp³-hybridized carbons (Fsp3) is 0.375. The summed E-state index contributed by atoms with van der Waals surface area (Å²) in [6.07, 6.45) is 0. The molecule has 1 atom stereocenters. The maximum absolute atomic E-state index is 13.6. The second kappa shape index (κ2) is 9.16. The molecule has 0 aliphatic rings. The summed E-state index contributed by atoms with van der Waals surface area (Å²) in [5, 5.41) is 0. The van der Waals surface area contributed by atoms with Crippen molar-refractivity contribution in [1.29, 1.82) is 0 Å². The quantitative estimate of drug-likeness (QED) is 0.322. The first kappa shape index (κ1) is 22.9. The van der Waals surface area contributed by atoms with Gasteiger partial charge in [0.1, 0.15) is 18.4 Å². The van der Waals surface area contributed by atoms with Gasteiger partial charge in [0, 0.05) is 27.2 Å². The zero-order chi connectivity index (χ0) is 22.1. The van der Waals surface area contributed by atoms with Gasteiger partial charge in [0.05, 0.1) is 19.5 Å². The Hall–Kier alpha value is -1.76. The Morgan fingerprint density at radius 3 is 2.27 bits per heavy atom. The predicted octanol–water partition coefficient (Wildman–Crippen LogP) is 7.48. The van der Waals surface area contributed by atoms with Crippen LogP contribution in [0.3, 0.4) is 0 Å². The number of aromatic nitrogens is 2. The zero-order valence-electron chi connectivity index (χ0n) is 18.5. The maximum Gasteiger partial charge on any atom is 0.124 e. The van der Waals surface area contributed by atoms with E-state index in [2.05, 4.69) is 73.0 Å². The summed E-state index contributed by atoms with van der Waals surface area (Å²) < 4.78 is 23.1. The van der Waals surface area contributed by atoms with Gasteiger partial charge in [0.25, 0.3) is 0 Å². The molecule has 6 heteroatoms. The van der Waals surface area contributed by atoms with Crippen LogP contribution < -0.4 is 0 Å². The largest absolute Gasteiger partial charge is 0.361 e. The fourth-order valence-corrected chi connectivity index (χ4v) is 4.19. The van der Waals surface area contributed by atoms with Gasteiger partial charge in [-0.15, -0.1) is 0 Å². The van der Waals surface area contributed by atoms with Crippen molar-refractivity contribution in [3.63, 3.8) is 0 Å². The molecule has 0 bridgehead atoms. The second-order valence-corrected chi connectivity index (χ2v) is 15.5. The molecular formula is C24H30BrFN2OSi. The summed E-state index contributed by atoms with van der Waals surface area (Å²) in [6, 6.07) is 14.7. The Labute approximate surface area is 188 Å². The Bertz CT molecular complexity index is 1010. The van der Waals surface area contributed by atoms with Crippen molar-refractivity contribution in [2.75, 3.05) is 0 Å². The van der Waals surface area contributed by atoms with E-state index in [1.165, 1.54) is 12.1 Å². The van der Waals surface area contributed by atoms with Crippen molar-refractivity contribution >= 4 is 24.0 Å². The molecule has 0 aliphatic carbocycles. The van der Waals surface area contributed by atoms with E-state index >= 15 is 0 Å². The van der Waals surface area contributed by atoms with Crippen LogP contribution >= 0.6 is 15.9 Å². The van der Waals surface area contributed by atoms with Crippen LogP contribution in [0.5, 0.6) is 0 Å². The topological polar surface area (TPSA) is 27.1 Å². The first-order valence-electron chi connectivity index (χ1n) is 10.3. The highest BCUT2D eigenvalue weighted by molar-refractivity contribution is 9.10. The number of hydrogen-bond acceptors (Lipinski definition) is 2. The minimum atomic E-state index is -1.43. The molecule has 3 nitrogen and oxygen atoms in total. The van der Waals surface area contributed by atoms with E-state index in [-0.39, 0.29) is 17.5 Å². The van der Waals surface area contributed by atoms with Gasteiger partial charge in [0.2, 0.25) is 0 Å². The van der Waals surface area contributed by atoms with Crippen LogP contribution in [0.25, 0.3) is 22.5 Å². The average molecular weight is 490 g/mol. The Balaban J connectivity index is 2.18. The molecule has 1 heterocycles. The van der Waals surface area contributed by atoms with E-state index in [0.717, 1.165) is 32.8 Å². The monoisotopic (exact) mass is 488 g/mol. The van der Waals surface area contributed by atoms with E-state index in [0.29, 0.717) is 6.73 Å². The van der Waals surface area contributed by atoms with Crippen molar-refractivity contribution in [2.24, 2.45) is 0 Å². The van der Waals surface area contributed by atoms with Crippen molar-refractivity contribution in [2.45, 2.75) is 58.8 Å². The van der Waals surface area contributed by atoms with Gasteiger partial charge in [-0.05, 0) is 43.3 Å². The van der Waals surface area contributed by atoms with Crippen molar-refractivity contribution < 1.29 is 9.13 Å². The number of ether oxygens (including phenoxy) is 1. The van der Waals surface area contributed by atoms with Crippen LogP contribution in [-0.4, -0.2) is 23.4 Å². The summed E-state index contributed by atoms with van der Waals surface area (Å²) in [5.74, 6) is 0.932. The van der Waals surface area contributed by atoms with Crippen LogP contribution in [0.15, 0.2) is 53.0 Å². The van der Waals surface area contributed by atoms with Gasteiger partial charge in [0.15, 0.2) is 0 Å². The van der Waals surface area contributed by atoms with E-state index in [1.807, 2.05) is 12.1 Å². The van der Waals surface area contributed by atoms with E-state index in [4.69, 9.17) is 9.72 Å². The smallest absolute Gasteiger partial charge is 0.124 e. The normalized spacial score (nSPS) is 13.1. The Kier molecular flexibility index (Phi) is 7.00. The maximum atomic E-state index is 13.6. The van der Waals surface area contributed by atoms with Gasteiger partial charge in [-0.3, -0.25) is 0 Å². The van der Waals surface area contributed by atoms with E-state index in [1.54, 1.807) is 12.1 Å². The second-order valence-electron chi connectivity index (χ2n) is 9.07. The Morgan fingerprint density at radius 1 is 1.03 bits per heavy atom. The first-order valence-corrected chi connectivity index (χ1v) is 14.7. The molecule has 1 unspecified atom stereocenters. The van der Waals surface area contributed by atoms with E-state index in [9.17, 15) is 4.39 Å². The molecule has 0 fully saturated rings. The summed E-state index contributed by atoms with van der Waals surface area (Å²) in [4.78, 5) is 5.01. The SMILES string of the molecule is CC(C)c1nc(-c2ccc(F)cc2)c(-c2cccc(Br)c2)n1COC(C)[Si](C)(C)C. The third-order valence-corrected chi connectivity index (χ3v) is 8.50. The molecule has 3 aromatic rings. The molecule has 2 aromatic carbocycles. The number of hydrogen-bond donors (Lipinski definition) is 0. The van der Waals surface area contributed by atoms with Crippen molar-refractivity contribution in [3.8, 4) is 22.5 Å². The number of rotatable bonds is 7. The van der Waals surface area contributed by atoms with Gasteiger partial charge >= 0.3 is 0 Å². The molecular weight excluding hydrogens is 459 g/mol. The van der Waals surface area contributed by atoms with Crippen molar-refractivity contribution in [3.05, 3.63) is 64.6 Å². The average Bonchev–Trinajstić information content (AvgIpc) is 3.05. The fourth-order valence-electron chi connectivity index (χ4n) is 3.22. The van der Waals surface area contributed by atoms with Crippen molar-refractivity contribution in [1.82, 2.24) is 9.55 Å². The highest BCUT2D eigenvalue weighted by atomic mass is 79.9. The lowest BCUT2D eigenvalue weighted by Gasteiger charge is -2.26. The van der Waals surface area contributed by atoms with Gasteiger partial charge < -0.3 is 9.30 Å². The lowest BCUT2D eigenvalue weighted by molar-refractivity contribution is 0.0554. The minimum absolute atomic E-state index is 0.213. The van der Waals surface area contributed by atoms with Gasteiger partial charge in [-0.2, -0.15) is 0 Å².